The first-order valence-electron chi connectivity index (χ1n) is 7.61. The normalized spacial score (nSPS) is 21.4. The van der Waals surface area contributed by atoms with Gasteiger partial charge < -0.3 is 10.2 Å². The predicted molar refractivity (Wildman–Crippen MR) is 81.7 cm³/mol. The molecule has 0 spiro atoms. The van der Waals surface area contributed by atoms with E-state index in [-0.39, 0.29) is 0 Å². The maximum absolute atomic E-state index is 4.52. The average molecular weight is 261 g/mol. The highest BCUT2D eigenvalue weighted by molar-refractivity contribution is 5.41. The monoisotopic (exact) mass is 261 g/mol. The molecule has 106 valence electrons. The molecule has 0 aromatic carbocycles. The van der Waals surface area contributed by atoms with E-state index in [0.717, 1.165) is 31.4 Å². The van der Waals surface area contributed by atoms with Gasteiger partial charge in [-0.3, -0.25) is 0 Å². The summed E-state index contributed by atoms with van der Waals surface area (Å²) >= 11 is 0. The Morgan fingerprint density at radius 3 is 3.11 bits per heavy atom. The summed E-state index contributed by atoms with van der Waals surface area (Å²) in [5.74, 6) is 1.88. The van der Waals surface area contributed by atoms with Gasteiger partial charge in [-0.1, -0.05) is 6.92 Å². The van der Waals surface area contributed by atoms with Crippen molar-refractivity contribution in [1.82, 2.24) is 10.3 Å². The van der Waals surface area contributed by atoms with Crippen LogP contribution >= 0.6 is 0 Å². The summed E-state index contributed by atoms with van der Waals surface area (Å²) < 4.78 is 0. The molecule has 3 heteroatoms. The summed E-state index contributed by atoms with van der Waals surface area (Å²) in [4.78, 5) is 6.97. The SMILES string of the molecule is CCCNC(C)C1CCCN(c2cc(C)ccn2)C1. The lowest BCUT2D eigenvalue weighted by Gasteiger charge is -2.37. The van der Waals surface area contributed by atoms with Gasteiger partial charge in [0.25, 0.3) is 0 Å². The van der Waals surface area contributed by atoms with Crippen LogP contribution in [0.4, 0.5) is 5.82 Å². The number of nitrogens with zero attached hydrogens (tertiary/aromatic N) is 2. The van der Waals surface area contributed by atoms with Crippen molar-refractivity contribution in [2.45, 2.75) is 46.1 Å². The quantitative estimate of drug-likeness (QED) is 0.883. The summed E-state index contributed by atoms with van der Waals surface area (Å²) in [5.41, 5.74) is 1.30. The average Bonchev–Trinajstić information content (AvgIpc) is 2.45. The van der Waals surface area contributed by atoms with E-state index < -0.39 is 0 Å². The molecule has 1 aliphatic heterocycles. The number of aromatic nitrogens is 1. The molecule has 0 radical (unpaired) electrons. The molecule has 3 nitrogen and oxygen atoms in total. The Morgan fingerprint density at radius 1 is 1.53 bits per heavy atom. The molecule has 1 fully saturated rings. The van der Waals surface area contributed by atoms with Crippen LogP contribution in [0.15, 0.2) is 18.3 Å². The minimum Gasteiger partial charge on any atom is -0.356 e. The van der Waals surface area contributed by atoms with E-state index in [0.29, 0.717) is 6.04 Å². The molecule has 19 heavy (non-hydrogen) atoms. The lowest BCUT2D eigenvalue weighted by atomic mass is 9.91. The van der Waals surface area contributed by atoms with Crippen molar-refractivity contribution in [3.63, 3.8) is 0 Å². The van der Waals surface area contributed by atoms with E-state index in [4.69, 9.17) is 0 Å². The Hall–Kier alpha value is -1.09. The smallest absolute Gasteiger partial charge is 0.128 e. The highest BCUT2D eigenvalue weighted by Crippen LogP contribution is 2.24. The molecule has 0 saturated carbocycles. The van der Waals surface area contributed by atoms with Gasteiger partial charge in [-0.25, -0.2) is 4.98 Å². The fourth-order valence-electron chi connectivity index (χ4n) is 2.86. The summed E-state index contributed by atoms with van der Waals surface area (Å²) in [6.45, 7) is 10.1. The van der Waals surface area contributed by atoms with Crippen LogP contribution in [-0.4, -0.2) is 30.7 Å². The first-order valence-corrected chi connectivity index (χ1v) is 7.61. The van der Waals surface area contributed by atoms with Crippen molar-refractivity contribution in [1.29, 1.82) is 0 Å². The second kappa shape index (κ2) is 6.90. The van der Waals surface area contributed by atoms with Crippen LogP contribution in [0.25, 0.3) is 0 Å². The first kappa shape index (κ1) is 14.3. The van der Waals surface area contributed by atoms with Crippen molar-refractivity contribution in [3.8, 4) is 0 Å². The van der Waals surface area contributed by atoms with Crippen LogP contribution in [0.3, 0.4) is 0 Å². The minimum absolute atomic E-state index is 0.604. The lowest BCUT2D eigenvalue weighted by molar-refractivity contribution is 0.320. The van der Waals surface area contributed by atoms with E-state index >= 15 is 0 Å². The third-order valence-corrected chi connectivity index (χ3v) is 4.11. The van der Waals surface area contributed by atoms with Crippen molar-refractivity contribution in [3.05, 3.63) is 23.9 Å². The summed E-state index contributed by atoms with van der Waals surface area (Å²) in [5, 5.41) is 3.64. The van der Waals surface area contributed by atoms with Crippen molar-refractivity contribution < 1.29 is 0 Å². The van der Waals surface area contributed by atoms with Crippen LogP contribution in [0, 0.1) is 12.8 Å². The van der Waals surface area contributed by atoms with Gasteiger partial charge in [-0.15, -0.1) is 0 Å². The molecule has 0 aliphatic carbocycles. The van der Waals surface area contributed by atoms with Gasteiger partial charge in [0.05, 0.1) is 0 Å². The van der Waals surface area contributed by atoms with Gasteiger partial charge in [0.15, 0.2) is 0 Å². The number of aryl methyl sites for hydroxylation is 1. The Bertz CT molecular complexity index is 391. The number of anilines is 1. The minimum atomic E-state index is 0.604. The summed E-state index contributed by atoms with van der Waals surface area (Å²) in [6.07, 6.45) is 5.74. The standard InChI is InChI=1S/C16H27N3/c1-4-8-17-14(3)15-6-5-10-19(12-15)16-11-13(2)7-9-18-16/h7,9,11,14-15,17H,4-6,8,10,12H2,1-3H3. The first-order chi connectivity index (χ1) is 9.20. The van der Waals surface area contributed by atoms with Gasteiger partial charge in [0, 0.05) is 25.3 Å². The number of hydrogen-bond acceptors (Lipinski definition) is 3. The van der Waals surface area contributed by atoms with Gasteiger partial charge in [-0.2, -0.15) is 0 Å². The van der Waals surface area contributed by atoms with E-state index in [1.165, 1.54) is 24.8 Å². The zero-order valence-corrected chi connectivity index (χ0v) is 12.5. The topological polar surface area (TPSA) is 28.2 Å². The summed E-state index contributed by atoms with van der Waals surface area (Å²) in [6, 6.07) is 4.87. The molecule has 1 aromatic rings. The van der Waals surface area contributed by atoms with E-state index in [1.54, 1.807) is 0 Å². The zero-order valence-electron chi connectivity index (χ0n) is 12.5. The number of hydrogen-bond donors (Lipinski definition) is 1. The van der Waals surface area contributed by atoms with Crippen molar-refractivity contribution in [2.24, 2.45) is 5.92 Å². The van der Waals surface area contributed by atoms with Crippen LogP contribution in [-0.2, 0) is 0 Å². The number of nitrogens with one attached hydrogen (secondary N) is 1. The number of rotatable bonds is 5. The summed E-state index contributed by atoms with van der Waals surface area (Å²) in [7, 11) is 0. The van der Waals surface area contributed by atoms with Gasteiger partial charge in [-0.05, 0) is 63.3 Å². The molecule has 1 aromatic heterocycles. The largest absolute Gasteiger partial charge is 0.356 e. The molecule has 2 atom stereocenters. The second-order valence-corrected chi connectivity index (χ2v) is 5.78. The molecular weight excluding hydrogens is 234 g/mol. The molecule has 2 unspecified atom stereocenters. The Balaban J connectivity index is 1.97. The third-order valence-electron chi connectivity index (χ3n) is 4.11. The fourth-order valence-corrected chi connectivity index (χ4v) is 2.86. The van der Waals surface area contributed by atoms with Crippen LogP contribution in [0.5, 0.6) is 0 Å². The predicted octanol–water partition coefficient (Wildman–Crippen LogP) is 2.99. The second-order valence-electron chi connectivity index (χ2n) is 5.78. The molecule has 2 rings (SSSR count). The highest BCUT2D eigenvalue weighted by atomic mass is 15.2. The van der Waals surface area contributed by atoms with E-state index in [2.05, 4.69) is 48.1 Å². The van der Waals surface area contributed by atoms with Crippen LogP contribution in [0.2, 0.25) is 0 Å². The number of piperidine rings is 1. The molecule has 0 bridgehead atoms. The molecule has 0 amide bonds. The molecule has 1 N–H and O–H groups in total. The molecule has 1 aliphatic rings. The third kappa shape index (κ3) is 3.93. The Morgan fingerprint density at radius 2 is 2.37 bits per heavy atom. The van der Waals surface area contributed by atoms with Crippen LogP contribution < -0.4 is 10.2 Å². The van der Waals surface area contributed by atoms with E-state index in [1.807, 2.05) is 6.20 Å². The molecular formula is C16H27N3. The van der Waals surface area contributed by atoms with Gasteiger partial charge >= 0.3 is 0 Å². The van der Waals surface area contributed by atoms with Crippen molar-refractivity contribution >= 4 is 5.82 Å². The Kier molecular flexibility index (Phi) is 5.20. The zero-order chi connectivity index (χ0) is 13.7. The molecule has 2 heterocycles. The molecule has 1 saturated heterocycles. The highest BCUT2D eigenvalue weighted by Gasteiger charge is 2.24. The Labute approximate surface area is 117 Å². The fraction of sp³-hybridized carbons (Fsp3) is 0.688. The van der Waals surface area contributed by atoms with Gasteiger partial charge in [0.2, 0.25) is 0 Å². The lowest BCUT2D eigenvalue weighted by Crippen LogP contribution is -2.45. The van der Waals surface area contributed by atoms with E-state index in [9.17, 15) is 0 Å². The van der Waals surface area contributed by atoms with Crippen molar-refractivity contribution in [2.75, 3.05) is 24.5 Å². The van der Waals surface area contributed by atoms with Crippen LogP contribution in [0.1, 0.15) is 38.7 Å². The maximum Gasteiger partial charge on any atom is 0.128 e. The maximum atomic E-state index is 4.52. The van der Waals surface area contributed by atoms with Gasteiger partial charge in [0.1, 0.15) is 5.82 Å². The number of pyridine rings is 1.